The number of carbonyl (C=O) groups is 2. The maximum absolute atomic E-state index is 14.4. The number of fused-ring (bicyclic) bond motifs is 2. The third kappa shape index (κ3) is 6.70. The van der Waals surface area contributed by atoms with E-state index in [4.69, 9.17) is 26.3 Å². The van der Waals surface area contributed by atoms with Crippen molar-refractivity contribution in [1.29, 1.82) is 0 Å². The van der Waals surface area contributed by atoms with E-state index in [0.29, 0.717) is 45.5 Å². The van der Waals surface area contributed by atoms with Crippen LogP contribution in [0.2, 0.25) is 5.02 Å². The van der Waals surface area contributed by atoms with Crippen LogP contribution in [0.1, 0.15) is 49.4 Å². The molecule has 3 aromatic rings. The molecule has 0 aromatic heterocycles. The van der Waals surface area contributed by atoms with Gasteiger partial charge < -0.3 is 29.6 Å². The Bertz CT molecular complexity index is 1610. The lowest BCUT2D eigenvalue weighted by Gasteiger charge is -2.27. The number of hydrogen-bond acceptors (Lipinski definition) is 7. The standard InChI is InChI=1S/C31H29ClF3N3O6/c1-17(37-44-18(2)29(40)41)20-12-22(14-24(13-20)42-3)36-27(19-4-6-21(32)7-5-19)28(39)38-16-30(10-11-30)25-9-8-23(15-26(25)38)43-31(33,34)35/h4-9,12-15,18,27,36H,10-11,16H2,1-3H3,(H,40,41). The Morgan fingerprint density at radius 1 is 1.07 bits per heavy atom. The maximum Gasteiger partial charge on any atom is 0.573 e. The number of rotatable bonds is 10. The van der Waals surface area contributed by atoms with Crippen LogP contribution < -0.4 is 19.7 Å². The van der Waals surface area contributed by atoms with Gasteiger partial charge in [0.05, 0.1) is 18.5 Å². The average molecular weight is 632 g/mol. The zero-order chi connectivity index (χ0) is 31.8. The number of carboxylic acids is 1. The number of amides is 1. The van der Waals surface area contributed by atoms with Crippen LogP contribution in [-0.4, -0.2) is 48.8 Å². The first-order valence-corrected chi connectivity index (χ1v) is 14.0. The van der Waals surface area contributed by atoms with Crippen LogP contribution in [-0.2, 0) is 19.8 Å². The third-order valence-corrected chi connectivity index (χ3v) is 7.91. The second kappa shape index (κ2) is 11.9. The topological polar surface area (TPSA) is 110 Å². The van der Waals surface area contributed by atoms with E-state index in [9.17, 15) is 22.8 Å². The van der Waals surface area contributed by atoms with Crippen molar-refractivity contribution in [3.8, 4) is 11.5 Å². The molecule has 1 spiro atoms. The van der Waals surface area contributed by atoms with Crippen molar-refractivity contribution in [1.82, 2.24) is 0 Å². The first kappa shape index (κ1) is 31.0. The molecule has 0 saturated heterocycles. The summed E-state index contributed by atoms with van der Waals surface area (Å²) in [7, 11) is 1.47. The molecule has 44 heavy (non-hydrogen) atoms. The molecule has 1 aliphatic heterocycles. The van der Waals surface area contributed by atoms with Gasteiger partial charge >= 0.3 is 12.3 Å². The molecule has 2 unspecified atom stereocenters. The first-order valence-electron chi connectivity index (χ1n) is 13.6. The minimum absolute atomic E-state index is 0.309. The van der Waals surface area contributed by atoms with Gasteiger partial charge in [-0.2, -0.15) is 0 Å². The minimum atomic E-state index is -4.88. The van der Waals surface area contributed by atoms with Crippen LogP contribution >= 0.6 is 11.6 Å². The number of methoxy groups -OCH3 is 1. The zero-order valence-corrected chi connectivity index (χ0v) is 24.7. The molecule has 0 bridgehead atoms. The van der Waals surface area contributed by atoms with Crippen LogP contribution in [0.5, 0.6) is 11.5 Å². The largest absolute Gasteiger partial charge is 0.573 e. The van der Waals surface area contributed by atoms with E-state index in [-0.39, 0.29) is 5.41 Å². The van der Waals surface area contributed by atoms with Crippen molar-refractivity contribution in [3.05, 3.63) is 82.4 Å². The van der Waals surface area contributed by atoms with Crippen LogP contribution in [0.15, 0.2) is 65.8 Å². The number of carbonyl (C=O) groups excluding carboxylic acids is 1. The monoisotopic (exact) mass is 631 g/mol. The second-order valence-corrected chi connectivity index (χ2v) is 11.2. The van der Waals surface area contributed by atoms with Crippen LogP contribution in [0.3, 0.4) is 0 Å². The number of anilines is 2. The molecule has 1 heterocycles. The Morgan fingerprint density at radius 2 is 1.77 bits per heavy atom. The number of aliphatic carboxylic acids is 1. The van der Waals surface area contributed by atoms with Crippen LogP contribution in [0.4, 0.5) is 24.5 Å². The van der Waals surface area contributed by atoms with Gasteiger partial charge in [-0.25, -0.2) is 4.79 Å². The molecule has 1 amide bonds. The maximum atomic E-state index is 14.4. The number of benzene rings is 3. The fourth-order valence-corrected chi connectivity index (χ4v) is 5.28. The Morgan fingerprint density at radius 3 is 2.39 bits per heavy atom. The number of carboxylic acid groups (broad SMARTS) is 1. The fraction of sp³-hybridized carbons (Fsp3) is 0.323. The molecule has 3 aromatic carbocycles. The SMILES string of the molecule is COc1cc(NC(C(=O)N2CC3(CC3)c3ccc(OC(F)(F)F)cc32)c2ccc(Cl)cc2)cc(C(C)=NOC(C)C(=O)O)c1. The molecule has 2 atom stereocenters. The molecule has 0 radical (unpaired) electrons. The van der Waals surface area contributed by atoms with E-state index in [1.807, 2.05) is 0 Å². The molecule has 5 rings (SSSR count). The summed E-state index contributed by atoms with van der Waals surface area (Å²) in [6, 6.07) is 14.9. The molecule has 1 aliphatic carbocycles. The van der Waals surface area contributed by atoms with E-state index < -0.39 is 36.1 Å². The summed E-state index contributed by atoms with van der Waals surface area (Å²) in [5.41, 5.74) is 2.78. The average Bonchev–Trinajstić information content (AvgIpc) is 3.69. The van der Waals surface area contributed by atoms with Gasteiger partial charge in [0.15, 0.2) is 0 Å². The van der Waals surface area contributed by atoms with Gasteiger partial charge in [-0.05, 0) is 68.1 Å². The summed E-state index contributed by atoms with van der Waals surface area (Å²) in [6.07, 6.45) is -4.43. The Kier molecular flexibility index (Phi) is 8.39. The van der Waals surface area contributed by atoms with Gasteiger partial charge in [0, 0.05) is 40.4 Å². The van der Waals surface area contributed by atoms with Crippen molar-refractivity contribution >= 4 is 40.6 Å². The van der Waals surface area contributed by atoms with Crippen molar-refractivity contribution in [2.45, 2.75) is 50.6 Å². The molecule has 13 heteroatoms. The predicted octanol–water partition coefficient (Wildman–Crippen LogP) is 6.69. The normalized spacial score (nSPS) is 16.6. The summed E-state index contributed by atoms with van der Waals surface area (Å²) in [5, 5.41) is 16.7. The van der Waals surface area contributed by atoms with E-state index in [0.717, 1.165) is 18.4 Å². The van der Waals surface area contributed by atoms with E-state index in [1.54, 1.807) is 55.5 Å². The summed E-state index contributed by atoms with van der Waals surface area (Å²) >= 11 is 6.13. The van der Waals surface area contributed by atoms with E-state index in [2.05, 4.69) is 15.2 Å². The van der Waals surface area contributed by atoms with Gasteiger partial charge in [0.1, 0.15) is 17.5 Å². The molecule has 1 saturated carbocycles. The molecule has 1 fully saturated rings. The summed E-state index contributed by atoms with van der Waals surface area (Å²) in [4.78, 5) is 32.1. The summed E-state index contributed by atoms with van der Waals surface area (Å²) in [5.74, 6) is -1.55. The highest BCUT2D eigenvalue weighted by atomic mass is 35.5. The van der Waals surface area contributed by atoms with Gasteiger partial charge in [-0.1, -0.05) is 35.0 Å². The first-order chi connectivity index (χ1) is 20.8. The second-order valence-electron chi connectivity index (χ2n) is 10.8. The van der Waals surface area contributed by atoms with Gasteiger partial charge in [-0.3, -0.25) is 4.79 Å². The Hall–Kier alpha value is -4.45. The lowest BCUT2D eigenvalue weighted by molar-refractivity contribution is -0.274. The van der Waals surface area contributed by atoms with Crippen LogP contribution in [0, 0.1) is 0 Å². The molecule has 232 valence electrons. The minimum Gasteiger partial charge on any atom is -0.497 e. The third-order valence-electron chi connectivity index (χ3n) is 7.66. The molecule has 9 nitrogen and oxygen atoms in total. The quantitative estimate of drug-likeness (QED) is 0.189. The number of oxime groups is 1. The smallest absolute Gasteiger partial charge is 0.497 e. The lowest BCUT2D eigenvalue weighted by Crippen LogP contribution is -2.38. The summed E-state index contributed by atoms with van der Waals surface area (Å²) in [6.45, 7) is 3.29. The number of hydrogen-bond donors (Lipinski definition) is 2. The van der Waals surface area contributed by atoms with E-state index >= 15 is 0 Å². The lowest BCUT2D eigenvalue weighted by atomic mass is 9.99. The number of halogens is 4. The number of nitrogens with one attached hydrogen (secondary N) is 1. The highest BCUT2D eigenvalue weighted by Crippen LogP contribution is 2.57. The van der Waals surface area contributed by atoms with Crippen molar-refractivity contribution in [2.24, 2.45) is 5.16 Å². The molecular weight excluding hydrogens is 603 g/mol. The summed E-state index contributed by atoms with van der Waals surface area (Å²) < 4.78 is 48.7. The van der Waals surface area contributed by atoms with Crippen molar-refractivity contribution < 1.29 is 42.2 Å². The number of nitrogens with zero attached hydrogens (tertiary/aromatic N) is 2. The van der Waals surface area contributed by atoms with Gasteiger partial charge in [0.2, 0.25) is 6.10 Å². The highest BCUT2D eigenvalue weighted by Gasteiger charge is 2.54. The zero-order valence-electron chi connectivity index (χ0n) is 23.9. The number of alkyl halides is 3. The van der Waals surface area contributed by atoms with Gasteiger partial charge in [-0.15, -0.1) is 13.2 Å². The van der Waals surface area contributed by atoms with Crippen molar-refractivity contribution in [2.75, 3.05) is 23.9 Å². The number of ether oxygens (including phenoxy) is 2. The highest BCUT2D eigenvalue weighted by molar-refractivity contribution is 6.30. The molecule has 2 aliphatic rings. The molecular formula is C31H29ClF3N3O6. The fourth-order valence-electron chi connectivity index (χ4n) is 5.16. The van der Waals surface area contributed by atoms with E-state index in [1.165, 1.54) is 31.1 Å². The Labute approximate surface area is 256 Å². The Balaban J connectivity index is 1.51. The van der Waals surface area contributed by atoms with Gasteiger partial charge in [0.25, 0.3) is 5.91 Å². The predicted molar refractivity (Wildman–Crippen MR) is 158 cm³/mol. The molecule has 2 N–H and O–H groups in total. The van der Waals surface area contributed by atoms with Crippen molar-refractivity contribution in [3.63, 3.8) is 0 Å². The van der Waals surface area contributed by atoms with Crippen LogP contribution in [0.25, 0.3) is 0 Å².